The summed E-state index contributed by atoms with van der Waals surface area (Å²) in [5, 5.41) is 16.7. The smallest absolute Gasteiger partial charge is 0.257 e. The number of aromatic nitrogens is 2. The molecular formula is C27H25N3O3. The lowest BCUT2D eigenvalue weighted by molar-refractivity contribution is 0.0772. The third-order valence-corrected chi connectivity index (χ3v) is 7.35. The van der Waals surface area contributed by atoms with Crippen molar-refractivity contribution in [3.05, 3.63) is 89.6 Å². The summed E-state index contributed by atoms with van der Waals surface area (Å²) < 4.78 is 5.79. The van der Waals surface area contributed by atoms with Gasteiger partial charge in [0.15, 0.2) is 5.82 Å². The minimum atomic E-state index is -0.302. The zero-order valence-electron chi connectivity index (χ0n) is 18.3. The van der Waals surface area contributed by atoms with Gasteiger partial charge < -0.3 is 14.5 Å². The molecule has 1 aliphatic heterocycles. The van der Waals surface area contributed by atoms with Gasteiger partial charge in [-0.15, -0.1) is 0 Å². The highest BCUT2D eigenvalue weighted by atomic mass is 16.5. The molecule has 1 saturated carbocycles. The van der Waals surface area contributed by atoms with Crippen LogP contribution < -0.4 is 0 Å². The molecule has 1 aromatic heterocycles. The number of nitrogens with zero attached hydrogens (tertiary/aromatic N) is 3. The van der Waals surface area contributed by atoms with Crippen LogP contribution in [0.2, 0.25) is 0 Å². The first-order valence-electron chi connectivity index (χ1n) is 11.5. The zero-order valence-corrected chi connectivity index (χ0v) is 18.3. The van der Waals surface area contributed by atoms with E-state index < -0.39 is 0 Å². The van der Waals surface area contributed by atoms with E-state index in [0.717, 1.165) is 35.6 Å². The van der Waals surface area contributed by atoms with Crippen LogP contribution >= 0.6 is 0 Å². The van der Waals surface area contributed by atoms with Crippen LogP contribution in [0.3, 0.4) is 0 Å². The molecule has 1 N–H and O–H groups in total. The van der Waals surface area contributed by atoms with Crippen molar-refractivity contribution in [1.29, 1.82) is 0 Å². The monoisotopic (exact) mass is 439 g/mol. The lowest BCUT2D eigenvalue weighted by Crippen LogP contribution is -2.35. The van der Waals surface area contributed by atoms with Gasteiger partial charge in [-0.2, -0.15) is 4.98 Å². The number of benzene rings is 3. The van der Waals surface area contributed by atoms with E-state index in [1.165, 1.54) is 0 Å². The molecule has 6 rings (SSSR count). The minimum Gasteiger partial charge on any atom is -0.507 e. The third-order valence-electron chi connectivity index (χ3n) is 7.35. The van der Waals surface area contributed by atoms with Crippen molar-refractivity contribution in [2.24, 2.45) is 5.92 Å². The molecule has 0 spiro atoms. The van der Waals surface area contributed by atoms with Gasteiger partial charge in [0.25, 0.3) is 5.91 Å². The third kappa shape index (κ3) is 3.37. The SMILES string of the molecule is O=C(c1cc2ccccc2cc1O)N1C[C@H]2CCC[C@@]2(c2nc(Cc3ccccc3)no2)C1. The van der Waals surface area contributed by atoms with Gasteiger partial charge in [-0.1, -0.05) is 66.2 Å². The Morgan fingerprint density at radius 2 is 1.85 bits per heavy atom. The van der Waals surface area contributed by atoms with Crippen molar-refractivity contribution < 1.29 is 14.4 Å². The van der Waals surface area contributed by atoms with Crippen molar-refractivity contribution in [1.82, 2.24) is 15.0 Å². The number of phenols is 1. The number of phenolic OH excluding ortho intramolecular Hbond substituents is 1. The van der Waals surface area contributed by atoms with Crippen LogP contribution in [0.25, 0.3) is 10.8 Å². The highest BCUT2D eigenvalue weighted by molar-refractivity contribution is 6.01. The van der Waals surface area contributed by atoms with Gasteiger partial charge in [-0.25, -0.2) is 0 Å². The summed E-state index contributed by atoms with van der Waals surface area (Å²) in [6.45, 7) is 1.18. The average molecular weight is 440 g/mol. The topological polar surface area (TPSA) is 79.5 Å². The summed E-state index contributed by atoms with van der Waals surface area (Å²) in [5.41, 5.74) is 1.18. The normalized spacial score (nSPS) is 22.1. The maximum Gasteiger partial charge on any atom is 0.257 e. The predicted molar refractivity (Wildman–Crippen MR) is 124 cm³/mol. The molecule has 2 atom stereocenters. The van der Waals surface area contributed by atoms with Crippen molar-refractivity contribution in [2.45, 2.75) is 31.1 Å². The molecule has 6 heteroatoms. The molecule has 1 amide bonds. The van der Waals surface area contributed by atoms with Crippen molar-refractivity contribution in [3.63, 3.8) is 0 Å². The molecule has 33 heavy (non-hydrogen) atoms. The Kier molecular flexibility index (Phi) is 4.68. The Labute approximate surface area is 191 Å². The Hall–Kier alpha value is -3.67. The quantitative estimate of drug-likeness (QED) is 0.498. The molecular weight excluding hydrogens is 414 g/mol. The van der Waals surface area contributed by atoms with E-state index in [4.69, 9.17) is 9.51 Å². The Balaban J connectivity index is 1.28. The molecule has 4 aromatic rings. The number of likely N-dealkylation sites (tertiary alicyclic amines) is 1. The fraction of sp³-hybridized carbons (Fsp3) is 0.296. The average Bonchev–Trinajstić information content (AvgIpc) is 3.53. The molecule has 166 valence electrons. The molecule has 2 fully saturated rings. The molecule has 3 aromatic carbocycles. The molecule has 2 aliphatic rings. The van der Waals surface area contributed by atoms with Gasteiger partial charge in [-0.05, 0) is 47.2 Å². The van der Waals surface area contributed by atoms with Gasteiger partial charge in [0.1, 0.15) is 5.75 Å². The van der Waals surface area contributed by atoms with Crippen molar-refractivity contribution >= 4 is 16.7 Å². The largest absolute Gasteiger partial charge is 0.507 e. The van der Waals surface area contributed by atoms with Gasteiger partial charge in [0.05, 0.1) is 11.0 Å². The van der Waals surface area contributed by atoms with Gasteiger partial charge in [0, 0.05) is 19.5 Å². The van der Waals surface area contributed by atoms with E-state index in [9.17, 15) is 9.90 Å². The van der Waals surface area contributed by atoms with E-state index in [-0.39, 0.29) is 23.0 Å². The van der Waals surface area contributed by atoms with E-state index in [2.05, 4.69) is 17.3 Å². The van der Waals surface area contributed by atoms with Crippen LogP contribution in [-0.4, -0.2) is 39.1 Å². The number of hydrogen-bond acceptors (Lipinski definition) is 5. The summed E-state index contributed by atoms with van der Waals surface area (Å²) in [4.78, 5) is 20.1. The first-order chi connectivity index (χ1) is 16.1. The second kappa shape index (κ2) is 7.73. The first-order valence-corrected chi connectivity index (χ1v) is 11.5. The summed E-state index contributed by atoms with van der Waals surface area (Å²) in [5.74, 6) is 1.49. The first kappa shape index (κ1) is 20.0. The molecule has 6 nitrogen and oxygen atoms in total. The fourth-order valence-electron chi connectivity index (χ4n) is 5.67. The second-order valence-electron chi connectivity index (χ2n) is 9.33. The standard InChI is InChI=1S/C27H25N3O3/c31-23-15-20-10-5-4-9-19(20)14-22(23)25(32)30-16-21-11-6-12-27(21,17-30)26-28-24(29-33-26)13-18-7-2-1-3-8-18/h1-5,7-10,14-15,21,31H,6,11-13,16-17H2/t21-,27-/m1/s1. The van der Waals surface area contributed by atoms with Crippen LogP contribution in [0.4, 0.5) is 0 Å². The van der Waals surface area contributed by atoms with Crippen LogP contribution in [0.1, 0.15) is 46.9 Å². The molecule has 1 aliphatic carbocycles. The maximum absolute atomic E-state index is 13.5. The Morgan fingerprint density at radius 3 is 2.67 bits per heavy atom. The van der Waals surface area contributed by atoms with Crippen LogP contribution in [0.15, 0.2) is 71.3 Å². The molecule has 1 saturated heterocycles. The highest BCUT2D eigenvalue weighted by Gasteiger charge is 2.55. The Morgan fingerprint density at radius 1 is 1.09 bits per heavy atom. The summed E-state index contributed by atoms with van der Waals surface area (Å²) in [6, 6.07) is 21.3. The predicted octanol–water partition coefficient (Wildman–Crippen LogP) is 4.71. The number of carbonyl (C=O) groups excluding carboxylic acids is 1. The van der Waals surface area contributed by atoms with Crippen LogP contribution in [0.5, 0.6) is 5.75 Å². The highest BCUT2D eigenvalue weighted by Crippen LogP contribution is 2.50. The van der Waals surface area contributed by atoms with E-state index in [1.54, 1.807) is 12.1 Å². The maximum atomic E-state index is 13.5. The van der Waals surface area contributed by atoms with Crippen molar-refractivity contribution in [3.8, 4) is 5.75 Å². The molecule has 0 unspecified atom stereocenters. The van der Waals surface area contributed by atoms with Gasteiger partial charge >= 0.3 is 0 Å². The van der Waals surface area contributed by atoms with E-state index in [0.29, 0.717) is 36.8 Å². The number of hydrogen-bond donors (Lipinski definition) is 1. The lowest BCUT2D eigenvalue weighted by atomic mass is 9.80. The van der Waals surface area contributed by atoms with Gasteiger partial charge in [-0.3, -0.25) is 4.79 Å². The van der Waals surface area contributed by atoms with E-state index >= 15 is 0 Å². The second-order valence-corrected chi connectivity index (χ2v) is 9.33. The van der Waals surface area contributed by atoms with E-state index in [1.807, 2.05) is 47.4 Å². The van der Waals surface area contributed by atoms with Gasteiger partial charge in [0.2, 0.25) is 5.89 Å². The summed E-state index contributed by atoms with van der Waals surface area (Å²) in [6.07, 6.45) is 3.67. The molecule has 2 heterocycles. The lowest BCUT2D eigenvalue weighted by Gasteiger charge is -2.24. The zero-order chi connectivity index (χ0) is 22.4. The number of fused-ring (bicyclic) bond motifs is 2. The number of carbonyl (C=O) groups is 1. The summed E-state index contributed by atoms with van der Waals surface area (Å²) >= 11 is 0. The van der Waals surface area contributed by atoms with Crippen molar-refractivity contribution in [2.75, 3.05) is 13.1 Å². The molecule has 0 radical (unpaired) electrons. The van der Waals surface area contributed by atoms with Crippen LogP contribution in [0, 0.1) is 5.92 Å². The number of amides is 1. The number of rotatable bonds is 4. The summed E-state index contributed by atoms with van der Waals surface area (Å²) in [7, 11) is 0. The molecule has 0 bridgehead atoms. The number of aromatic hydroxyl groups is 1. The Bertz CT molecular complexity index is 1330. The fourth-order valence-corrected chi connectivity index (χ4v) is 5.67. The minimum absolute atomic E-state index is 0.0211. The van der Waals surface area contributed by atoms with Crippen LogP contribution in [-0.2, 0) is 11.8 Å².